The molecule has 2 fully saturated rings. The third-order valence-corrected chi connectivity index (χ3v) is 7.33. The maximum absolute atomic E-state index is 14.2. The quantitative estimate of drug-likeness (QED) is 0.227. The van der Waals surface area contributed by atoms with Crippen LogP contribution in [0.15, 0.2) is 24.4 Å². The van der Waals surface area contributed by atoms with Gasteiger partial charge in [0.1, 0.15) is 5.82 Å². The van der Waals surface area contributed by atoms with E-state index in [1.54, 1.807) is 18.3 Å². The van der Waals surface area contributed by atoms with Gasteiger partial charge in [-0.05, 0) is 75.2 Å². The third-order valence-electron chi connectivity index (χ3n) is 7.33. The van der Waals surface area contributed by atoms with Gasteiger partial charge in [-0.15, -0.1) is 0 Å². The monoisotopic (exact) mass is 549 g/mol. The minimum atomic E-state index is -2.27. The highest BCUT2D eigenvalue weighted by atomic mass is 19.1. The first-order valence-electron chi connectivity index (χ1n) is 13.1. The Morgan fingerprint density at radius 2 is 1.67 bits per heavy atom. The average molecular weight is 550 g/mol. The smallest absolute Gasteiger partial charge is 0.335 e. The van der Waals surface area contributed by atoms with Gasteiger partial charge in [0.05, 0.1) is 11.2 Å². The number of carbonyl (C=O) groups is 3. The van der Waals surface area contributed by atoms with Crippen molar-refractivity contribution in [1.29, 1.82) is 0 Å². The highest BCUT2D eigenvalue weighted by molar-refractivity contribution is 6.09. The number of aliphatic carboxylic acids is 2. The Bertz CT molecular complexity index is 1130. The van der Waals surface area contributed by atoms with E-state index in [0.29, 0.717) is 28.8 Å². The Morgan fingerprint density at radius 1 is 1.05 bits per heavy atom. The lowest BCUT2D eigenvalue weighted by molar-refractivity contribution is -0.165. The van der Waals surface area contributed by atoms with Gasteiger partial charge in [0.2, 0.25) is 0 Å². The highest BCUT2D eigenvalue weighted by Gasteiger charge is 2.29. The number of nitrogens with zero attached hydrogens (tertiary/aromatic N) is 2. The van der Waals surface area contributed by atoms with Crippen LogP contribution in [-0.2, 0) is 14.3 Å². The number of likely N-dealkylation sites (tertiary alicyclic amines) is 1. The lowest BCUT2D eigenvalue weighted by atomic mass is 9.89. The number of piperidine rings is 1. The standard InChI is InChI=1S/C23H30FN3O2.C4H6O6/c24-20-14-19(23-18(22(20)25)2-1-9-26-23)21(28)4-3-16-5-10-27(11-6-16)15-17-7-12-29-13-8-17;5-1(3(7)8)2(6)4(9)10/h1-2,9,14,16-17H,3-8,10-13,15,25H2;1-2,5-6H,(H,7,8)(H,9,10). The van der Waals surface area contributed by atoms with E-state index in [2.05, 4.69) is 9.88 Å². The molecule has 2 saturated heterocycles. The van der Waals surface area contributed by atoms with E-state index in [0.717, 1.165) is 51.5 Å². The maximum atomic E-state index is 14.2. The SMILES string of the molecule is Nc1c(F)cc(C(=O)CCC2CCN(CC3CCOCC3)CC2)c2ncccc12.O=C(O)C(O)C(O)C(=O)O. The number of aliphatic hydroxyl groups is 2. The third kappa shape index (κ3) is 8.40. The molecule has 1 aromatic carbocycles. The Balaban J connectivity index is 0.000000360. The molecule has 2 atom stereocenters. The summed E-state index contributed by atoms with van der Waals surface area (Å²) in [4.78, 5) is 39.2. The fourth-order valence-corrected chi connectivity index (χ4v) is 4.94. The van der Waals surface area contributed by atoms with E-state index in [4.69, 9.17) is 30.9 Å². The minimum Gasteiger partial charge on any atom is -0.479 e. The Labute approximate surface area is 225 Å². The number of ether oxygens (including phenoxy) is 1. The van der Waals surface area contributed by atoms with Crippen LogP contribution in [0.2, 0.25) is 0 Å². The van der Waals surface area contributed by atoms with E-state index in [1.807, 2.05) is 0 Å². The van der Waals surface area contributed by atoms with Gasteiger partial charge in [0.25, 0.3) is 0 Å². The van der Waals surface area contributed by atoms with Crippen molar-refractivity contribution in [3.8, 4) is 0 Å². The Hall–Kier alpha value is -3.19. The number of benzene rings is 1. The molecule has 2 aromatic rings. The molecule has 0 amide bonds. The summed E-state index contributed by atoms with van der Waals surface area (Å²) in [5.41, 5.74) is 6.73. The first-order chi connectivity index (χ1) is 18.6. The number of hydrogen-bond acceptors (Lipinski definition) is 9. The zero-order chi connectivity index (χ0) is 28.5. The fraction of sp³-hybridized carbons (Fsp3) is 0.556. The normalized spacial score (nSPS) is 18.6. The molecule has 3 heterocycles. The zero-order valence-corrected chi connectivity index (χ0v) is 21.7. The number of carboxylic acids is 2. The molecule has 6 N–H and O–H groups in total. The van der Waals surface area contributed by atoms with Crippen LogP contribution >= 0.6 is 0 Å². The van der Waals surface area contributed by atoms with Crippen molar-refractivity contribution in [2.45, 2.75) is 50.7 Å². The molecule has 0 radical (unpaired) electrons. The number of hydrogen-bond donors (Lipinski definition) is 5. The summed E-state index contributed by atoms with van der Waals surface area (Å²) in [7, 11) is 0. The van der Waals surface area contributed by atoms with Crippen molar-refractivity contribution >= 4 is 34.3 Å². The number of nitrogen functional groups attached to an aromatic ring is 1. The van der Waals surface area contributed by atoms with E-state index >= 15 is 0 Å². The van der Waals surface area contributed by atoms with E-state index in [1.165, 1.54) is 25.5 Å². The predicted octanol–water partition coefficient (Wildman–Crippen LogP) is 1.93. The summed E-state index contributed by atoms with van der Waals surface area (Å²) in [5.74, 6) is -2.80. The summed E-state index contributed by atoms with van der Waals surface area (Å²) in [6.45, 7) is 5.20. The second-order valence-corrected chi connectivity index (χ2v) is 10.0. The number of carboxylic acid groups (broad SMARTS) is 2. The number of aliphatic hydroxyl groups excluding tert-OH is 2. The number of pyridine rings is 1. The molecule has 1 aromatic heterocycles. The molecule has 0 spiro atoms. The molecule has 39 heavy (non-hydrogen) atoms. The van der Waals surface area contributed by atoms with Crippen LogP contribution in [0.4, 0.5) is 10.1 Å². The lowest BCUT2D eigenvalue weighted by Gasteiger charge is -2.35. The average Bonchev–Trinajstić information content (AvgIpc) is 2.94. The molecule has 4 rings (SSSR count). The van der Waals surface area contributed by atoms with Crippen LogP contribution in [0, 0.1) is 17.7 Å². The first kappa shape index (κ1) is 30.4. The number of anilines is 1. The predicted molar refractivity (Wildman–Crippen MR) is 140 cm³/mol. The highest BCUT2D eigenvalue weighted by Crippen LogP contribution is 2.29. The van der Waals surface area contributed by atoms with Crippen LogP contribution in [0.25, 0.3) is 10.9 Å². The van der Waals surface area contributed by atoms with Crippen LogP contribution < -0.4 is 5.73 Å². The van der Waals surface area contributed by atoms with Crippen LogP contribution in [0.5, 0.6) is 0 Å². The van der Waals surface area contributed by atoms with Crippen LogP contribution in [0.3, 0.4) is 0 Å². The van der Waals surface area contributed by atoms with Crippen LogP contribution in [-0.4, -0.2) is 93.1 Å². The summed E-state index contributed by atoms with van der Waals surface area (Å²) in [6.07, 6.45) is 2.98. The number of carbonyl (C=O) groups excluding carboxylic acids is 1. The molecule has 2 aliphatic rings. The fourth-order valence-electron chi connectivity index (χ4n) is 4.94. The second kappa shape index (κ2) is 14.3. The van der Waals surface area contributed by atoms with Crippen molar-refractivity contribution < 1.29 is 43.9 Å². The van der Waals surface area contributed by atoms with Gasteiger partial charge >= 0.3 is 11.9 Å². The van der Waals surface area contributed by atoms with Crippen molar-refractivity contribution in [3.05, 3.63) is 35.8 Å². The van der Waals surface area contributed by atoms with Crippen molar-refractivity contribution in [1.82, 2.24) is 9.88 Å². The lowest BCUT2D eigenvalue weighted by Crippen LogP contribution is -2.39. The van der Waals surface area contributed by atoms with Crippen molar-refractivity contribution in [3.63, 3.8) is 0 Å². The molecule has 2 aliphatic heterocycles. The van der Waals surface area contributed by atoms with Crippen molar-refractivity contribution in [2.75, 3.05) is 38.6 Å². The number of fused-ring (bicyclic) bond motifs is 1. The Morgan fingerprint density at radius 3 is 2.26 bits per heavy atom. The number of nitrogens with two attached hydrogens (primary N) is 1. The van der Waals surface area contributed by atoms with Gasteiger partial charge in [-0.2, -0.15) is 0 Å². The zero-order valence-electron chi connectivity index (χ0n) is 21.7. The first-order valence-corrected chi connectivity index (χ1v) is 13.1. The second-order valence-electron chi connectivity index (χ2n) is 10.0. The maximum Gasteiger partial charge on any atom is 0.335 e. The molecule has 2 unspecified atom stereocenters. The van der Waals surface area contributed by atoms with E-state index in [9.17, 15) is 18.8 Å². The summed E-state index contributed by atoms with van der Waals surface area (Å²) >= 11 is 0. The number of Topliss-reactive ketones (excluding diaryl/α,β-unsaturated/α-hetero) is 1. The number of aromatic nitrogens is 1. The molecular formula is C27H36FN3O8. The molecule has 0 bridgehead atoms. The molecule has 214 valence electrons. The van der Waals surface area contributed by atoms with Gasteiger partial charge in [-0.25, -0.2) is 14.0 Å². The van der Waals surface area contributed by atoms with Gasteiger partial charge in [-0.3, -0.25) is 9.78 Å². The largest absolute Gasteiger partial charge is 0.479 e. The minimum absolute atomic E-state index is 0.0442. The Kier molecular flexibility index (Phi) is 11.1. The summed E-state index contributed by atoms with van der Waals surface area (Å²) in [6, 6.07) is 4.68. The van der Waals surface area contributed by atoms with Gasteiger partial charge in [0, 0.05) is 43.3 Å². The van der Waals surface area contributed by atoms with Crippen LogP contribution in [0.1, 0.15) is 48.9 Å². The van der Waals surface area contributed by atoms with Gasteiger partial charge in [-0.1, -0.05) is 0 Å². The number of halogens is 1. The van der Waals surface area contributed by atoms with E-state index < -0.39 is 30.0 Å². The number of rotatable bonds is 9. The van der Waals surface area contributed by atoms with E-state index in [-0.39, 0.29) is 11.5 Å². The molecular weight excluding hydrogens is 513 g/mol. The summed E-state index contributed by atoms with van der Waals surface area (Å²) < 4.78 is 19.6. The summed E-state index contributed by atoms with van der Waals surface area (Å²) in [5, 5.41) is 33.0. The number of ketones is 1. The van der Waals surface area contributed by atoms with Gasteiger partial charge in [0.15, 0.2) is 18.0 Å². The molecule has 0 saturated carbocycles. The molecule has 0 aliphatic carbocycles. The van der Waals surface area contributed by atoms with Crippen molar-refractivity contribution in [2.24, 2.45) is 11.8 Å². The topological polar surface area (TPSA) is 184 Å². The van der Waals surface area contributed by atoms with Gasteiger partial charge < -0.3 is 35.8 Å². The molecule has 11 nitrogen and oxygen atoms in total. The molecule has 12 heteroatoms.